The second kappa shape index (κ2) is 9.29. The topological polar surface area (TPSA) is 80.9 Å². The van der Waals surface area contributed by atoms with Gasteiger partial charge in [-0.15, -0.1) is 5.10 Å². The molecule has 0 aliphatic carbocycles. The molecule has 0 spiro atoms. The van der Waals surface area contributed by atoms with E-state index in [2.05, 4.69) is 15.1 Å². The average Bonchev–Trinajstić information content (AvgIpc) is 3.25. The highest BCUT2D eigenvalue weighted by Crippen LogP contribution is 2.39. The molecule has 36 heavy (non-hydrogen) atoms. The van der Waals surface area contributed by atoms with Gasteiger partial charge in [0.05, 0.1) is 16.7 Å². The highest BCUT2D eigenvalue weighted by atomic mass is 19.4. The lowest BCUT2D eigenvalue weighted by Crippen LogP contribution is -2.09. The smallest absolute Gasteiger partial charge is 0.417 e. The van der Waals surface area contributed by atoms with Crippen molar-refractivity contribution in [1.82, 2.24) is 19.7 Å². The summed E-state index contributed by atoms with van der Waals surface area (Å²) in [5.74, 6) is -2.49. The number of pyridine rings is 1. The first-order valence-corrected chi connectivity index (χ1v) is 10.1. The van der Waals surface area contributed by atoms with E-state index < -0.39 is 57.8 Å². The Morgan fingerprint density at radius 1 is 0.806 bits per heavy atom. The van der Waals surface area contributed by atoms with Gasteiger partial charge in [-0.2, -0.15) is 26.3 Å². The minimum atomic E-state index is -4.83. The number of carboxylic acids is 1. The lowest BCUT2D eigenvalue weighted by Gasteiger charge is -2.12. The SMILES string of the molecule is O=C(O)C(=Cn1nc(-c2ccccc2C(F)(F)F)nc1-c1ccccc1C(F)(F)F)c1ccncc1. The van der Waals surface area contributed by atoms with Gasteiger partial charge in [-0.05, 0) is 29.8 Å². The van der Waals surface area contributed by atoms with Crippen molar-refractivity contribution in [2.45, 2.75) is 12.4 Å². The Bertz CT molecular complexity index is 1440. The van der Waals surface area contributed by atoms with Gasteiger partial charge in [-0.3, -0.25) is 4.98 Å². The van der Waals surface area contributed by atoms with Crippen molar-refractivity contribution in [1.29, 1.82) is 0 Å². The van der Waals surface area contributed by atoms with Gasteiger partial charge in [0.25, 0.3) is 0 Å². The number of aromatic nitrogens is 4. The van der Waals surface area contributed by atoms with E-state index in [1.165, 1.54) is 36.7 Å². The zero-order chi connectivity index (χ0) is 26.1. The molecular formula is C24H14F6N4O2. The molecule has 1 N–H and O–H groups in total. The standard InChI is InChI=1S/C24H14F6N4O2/c25-23(26,27)18-7-3-1-5-15(18)20-32-21(16-6-2-4-8-19(16)24(28,29)30)34(33-20)13-17(22(35)36)14-9-11-31-12-10-14/h1-13H,(H,35,36). The highest BCUT2D eigenvalue weighted by Gasteiger charge is 2.37. The molecule has 12 heteroatoms. The first-order chi connectivity index (χ1) is 17.0. The average molecular weight is 504 g/mol. The Balaban J connectivity index is 2.02. The van der Waals surface area contributed by atoms with E-state index in [9.17, 15) is 36.2 Å². The van der Waals surface area contributed by atoms with E-state index in [0.717, 1.165) is 47.3 Å². The van der Waals surface area contributed by atoms with Gasteiger partial charge < -0.3 is 5.11 Å². The summed E-state index contributed by atoms with van der Waals surface area (Å²) in [4.78, 5) is 19.8. The maximum Gasteiger partial charge on any atom is 0.417 e. The Morgan fingerprint density at radius 3 is 1.89 bits per heavy atom. The van der Waals surface area contributed by atoms with Crippen LogP contribution in [-0.4, -0.2) is 30.8 Å². The number of carbonyl (C=O) groups is 1. The first-order valence-electron chi connectivity index (χ1n) is 10.1. The second-order valence-corrected chi connectivity index (χ2v) is 7.37. The monoisotopic (exact) mass is 504 g/mol. The number of carboxylic acid groups (broad SMARTS) is 1. The van der Waals surface area contributed by atoms with Gasteiger partial charge in [0.1, 0.15) is 0 Å². The maximum atomic E-state index is 13.7. The molecule has 0 fully saturated rings. The van der Waals surface area contributed by atoms with E-state index in [1.807, 2.05) is 0 Å². The number of halogens is 6. The molecule has 184 valence electrons. The molecule has 0 radical (unpaired) electrons. The summed E-state index contributed by atoms with van der Waals surface area (Å²) in [6.07, 6.45) is -6.13. The lowest BCUT2D eigenvalue weighted by atomic mass is 10.1. The zero-order valence-electron chi connectivity index (χ0n) is 17.9. The summed E-state index contributed by atoms with van der Waals surface area (Å²) in [6, 6.07) is 11.3. The number of alkyl halides is 6. The Hall–Kier alpha value is -4.48. The number of hydrogen-bond acceptors (Lipinski definition) is 4. The fourth-order valence-electron chi connectivity index (χ4n) is 3.47. The molecule has 0 aliphatic rings. The van der Waals surface area contributed by atoms with Crippen LogP contribution in [0.3, 0.4) is 0 Å². The van der Waals surface area contributed by atoms with Crippen LogP contribution in [0.4, 0.5) is 26.3 Å². The van der Waals surface area contributed by atoms with Gasteiger partial charge in [-0.1, -0.05) is 36.4 Å². The second-order valence-electron chi connectivity index (χ2n) is 7.37. The van der Waals surface area contributed by atoms with Crippen molar-refractivity contribution in [3.8, 4) is 22.8 Å². The number of rotatable bonds is 5. The third kappa shape index (κ3) is 4.97. The predicted octanol–water partition coefficient (Wildman–Crippen LogP) is 6.13. The van der Waals surface area contributed by atoms with Gasteiger partial charge >= 0.3 is 18.3 Å². The molecule has 0 bridgehead atoms. The lowest BCUT2D eigenvalue weighted by molar-refractivity contribution is -0.137. The number of nitrogens with zero attached hydrogens (tertiary/aromatic N) is 4. The van der Waals surface area contributed by atoms with Crippen molar-refractivity contribution in [2.75, 3.05) is 0 Å². The molecule has 0 saturated carbocycles. The summed E-state index contributed by atoms with van der Waals surface area (Å²) in [5, 5.41) is 13.7. The largest absolute Gasteiger partial charge is 0.478 e. The molecule has 0 unspecified atom stereocenters. The summed E-state index contributed by atoms with van der Waals surface area (Å²) in [7, 11) is 0. The molecule has 2 aromatic carbocycles. The van der Waals surface area contributed by atoms with Crippen molar-refractivity contribution < 1.29 is 36.2 Å². The van der Waals surface area contributed by atoms with Crippen LogP contribution >= 0.6 is 0 Å². The molecule has 0 atom stereocenters. The van der Waals surface area contributed by atoms with Crippen molar-refractivity contribution >= 4 is 17.7 Å². The first kappa shape index (κ1) is 24.6. The fourth-order valence-corrected chi connectivity index (χ4v) is 3.47. The summed E-state index contributed by atoms with van der Waals surface area (Å²) in [5.41, 5.74) is -3.46. The zero-order valence-corrected chi connectivity index (χ0v) is 17.9. The highest BCUT2D eigenvalue weighted by molar-refractivity contribution is 6.19. The minimum Gasteiger partial charge on any atom is -0.478 e. The third-order valence-corrected chi connectivity index (χ3v) is 5.05. The molecule has 0 saturated heterocycles. The number of hydrogen-bond donors (Lipinski definition) is 1. The third-order valence-electron chi connectivity index (χ3n) is 5.05. The van der Waals surface area contributed by atoms with Crippen LogP contribution in [-0.2, 0) is 17.1 Å². The van der Waals surface area contributed by atoms with Crippen LogP contribution in [0.1, 0.15) is 16.7 Å². The van der Waals surface area contributed by atoms with Gasteiger partial charge in [0, 0.05) is 29.7 Å². The van der Waals surface area contributed by atoms with Crippen LogP contribution in [0.2, 0.25) is 0 Å². The van der Waals surface area contributed by atoms with Crippen molar-refractivity contribution in [3.63, 3.8) is 0 Å². The molecule has 4 rings (SSSR count). The van der Waals surface area contributed by atoms with Gasteiger partial charge in [-0.25, -0.2) is 14.5 Å². The Labute approximate surface area is 199 Å². The molecular weight excluding hydrogens is 490 g/mol. The molecule has 6 nitrogen and oxygen atoms in total. The molecule has 0 aliphatic heterocycles. The van der Waals surface area contributed by atoms with Crippen molar-refractivity contribution in [3.05, 3.63) is 89.7 Å². The Morgan fingerprint density at radius 2 is 1.33 bits per heavy atom. The molecule has 0 amide bonds. The number of aliphatic carboxylic acids is 1. The molecule has 2 aromatic heterocycles. The van der Waals surface area contributed by atoms with Crippen molar-refractivity contribution in [2.24, 2.45) is 0 Å². The van der Waals surface area contributed by atoms with E-state index in [0.29, 0.717) is 0 Å². The molecule has 2 heterocycles. The quantitative estimate of drug-likeness (QED) is 0.261. The van der Waals surface area contributed by atoms with Crippen LogP contribution in [0.5, 0.6) is 0 Å². The van der Waals surface area contributed by atoms with Crippen LogP contribution in [0.15, 0.2) is 73.1 Å². The van der Waals surface area contributed by atoms with Gasteiger partial charge in [0.15, 0.2) is 11.6 Å². The minimum absolute atomic E-state index is 0.139. The predicted molar refractivity (Wildman–Crippen MR) is 117 cm³/mol. The molecule has 4 aromatic rings. The van der Waals surface area contributed by atoms with Crippen LogP contribution < -0.4 is 0 Å². The van der Waals surface area contributed by atoms with Crippen LogP contribution in [0, 0.1) is 0 Å². The van der Waals surface area contributed by atoms with Crippen LogP contribution in [0.25, 0.3) is 34.5 Å². The van der Waals surface area contributed by atoms with Gasteiger partial charge in [0.2, 0.25) is 0 Å². The normalized spacial score (nSPS) is 12.6. The summed E-state index contributed by atoms with van der Waals surface area (Å²) < 4.78 is 82.8. The van der Waals surface area contributed by atoms with E-state index >= 15 is 0 Å². The van der Waals surface area contributed by atoms with E-state index in [4.69, 9.17) is 0 Å². The fraction of sp³-hybridized carbons (Fsp3) is 0.0833. The van der Waals surface area contributed by atoms with E-state index in [-0.39, 0.29) is 5.56 Å². The summed E-state index contributed by atoms with van der Waals surface area (Å²) >= 11 is 0. The Kier molecular flexibility index (Phi) is 6.35. The summed E-state index contributed by atoms with van der Waals surface area (Å²) in [6.45, 7) is 0. The van der Waals surface area contributed by atoms with E-state index in [1.54, 1.807) is 0 Å². The number of benzene rings is 2. The maximum absolute atomic E-state index is 13.7.